The van der Waals surface area contributed by atoms with E-state index < -0.39 is 11.6 Å². The Labute approximate surface area is 181 Å². The molecule has 0 bridgehead atoms. The lowest BCUT2D eigenvalue weighted by atomic mass is 9.84. The smallest absolute Gasteiger partial charge is 0.343 e. The molecule has 0 saturated carbocycles. The van der Waals surface area contributed by atoms with Crippen LogP contribution in [0.2, 0.25) is 0 Å². The van der Waals surface area contributed by atoms with Crippen LogP contribution in [0.5, 0.6) is 5.75 Å². The van der Waals surface area contributed by atoms with E-state index in [1.54, 1.807) is 18.2 Å². The van der Waals surface area contributed by atoms with Crippen LogP contribution in [0.4, 0.5) is 0 Å². The number of cyclic esters (lactones) is 1. The SMILES string of the molecule is CCc1c2c(nc3ccc(O)cc13)/C(=C/C1=C(C=O)COC(=O)C1(CC)OC)N(C)C2. The first-order valence-electron chi connectivity index (χ1n) is 10.4. The molecule has 31 heavy (non-hydrogen) atoms. The Morgan fingerprint density at radius 3 is 2.77 bits per heavy atom. The van der Waals surface area contributed by atoms with Gasteiger partial charge in [0.25, 0.3) is 0 Å². The topological polar surface area (TPSA) is 89.0 Å². The maximum atomic E-state index is 12.7. The first kappa shape index (κ1) is 21.1. The average molecular weight is 422 g/mol. The molecule has 0 spiro atoms. The van der Waals surface area contributed by atoms with Crippen LogP contribution in [0.15, 0.2) is 35.4 Å². The number of fused-ring (bicyclic) bond motifs is 2. The molecule has 7 heteroatoms. The van der Waals surface area contributed by atoms with Gasteiger partial charge in [0, 0.05) is 42.8 Å². The predicted octanol–water partition coefficient (Wildman–Crippen LogP) is 3.14. The van der Waals surface area contributed by atoms with E-state index in [4.69, 9.17) is 14.5 Å². The number of rotatable bonds is 5. The zero-order valence-electron chi connectivity index (χ0n) is 18.2. The number of nitrogens with zero attached hydrogens (tertiary/aromatic N) is 2. The number of benzene rings is 1. The normalized spacial score (nSPS) is 22.3. The quantitative estimate of drug-likeness (QED) is 0.585. The minimum Gasteiger partial charge on any atom is -0.508 e. The van der Waals surface area contributed by atoms with Crippen molar-refractivity contribution in [2.45, 2.75) is 38.8 Å². The van der Waals surface area contributed by atoms with E-state index in [2.05, 4.69) is 11.8 Å². The van der Waals surface area contributed by atoms with E-state index in [1.165, 1.54) is 7.11 Å². The third kappa shape index (κ3) is 3.11. The van der Waals surface area contributed by atoms with Gasteiger partial charge in [0.05, 0.1) is 16.9 Å². The lowest BCUT2D eigenvalue weighted by Gasteiger charge is -2.35. The fourth-order valence-electron chi connectivity index (χ4n) is 4.65. The molecule has 0 saturated heterocycles. The highest BCUT2D eigenvalue weighted by Gasteiger charge is 2.46. The summed E-state index contributed by atoms with van der Waals surface area (Å²) in [5.41, 5.74) is 4.21. The lowest BCUT2D eigenvalue weighted by Crippen LogP contribution is -2.47. The maximum Gasteiger partial charge on any atom is 0.343 e. The van der Waals surface area contributed by atoms with Gasteiger partial charge in [0.15, 0.2) is 5.60 Å². The fourth-order valence-corrected chi connectivity index (χ4v) is 4.65. The number of phenols is 1. The first-order valence-corrected chi connectivity index (χ1v) is 10.4. The van der Waals surface area contributed by atoms with Crippen LogP contribution in [-0.4, -0.2) is 53.6 Å². The second-order valence-electron chi connectivity index (χ2n) is 7.88. The fraction of sp³-hybridized carbons (Fsp3) is 0.375. The van der Waals surface area contributed by atoms with Crippen LogP contribution in [0, 0.1) is 0 Å². The zero-order chi connectivity index (χ0) is 22.3. The summed E-state index contributed by atoms with van der Waals surface area (Å²) in [6, 6.07) is 5.18. The van der Waals surface area contributed by atoms with E-state index in [9.17, 15) is 14.7 Å². The van der Waals surface area contributed by atoms with E-state index >= 15 is 0 Å². The highest BCUT2D eigenvalue weighted by Crippen LogP contribution is 2.41. The number of aromatic nitrogens is 1. The highest BCUT2D eigenvalue weighted by molar-refractivity contribution is 5.94. The molecular weight excluding hydrogens is 396 g/mol. The number of phenolic OH excluding ortho intramolecular Hbond substituents is 1. The van der Waals surface area contributed by atoms with Crippen LogP contribution in [0.1, 0.15) is 37.1 Å². The van der Waals surface area contributed by atoms with Gasteiger partial charge in [-0.15, -0.1) is 0 Å². The highest BCUT2D eigenvalue weighted by atomic mass is 16.6. The lowest BCUT2D eigenvalue weighted by molar-refractivity contribution is -0.166. The number of ether oxygens (including phenoxy) is 2. The molecular formula is C24H26N2O5. The van der Waals surface area contributed by atoms with Crippen LogP contribution in [0.25, 0.3) is 16.6 Å². The number of carbonyl (C=O) groups excluding carboxylic acids is 2. The molecule has 0 radical (unpaired) electrons. The maximum absolute atomic E-state index is 12.7. The van der Waals surface area contributed by atoms with Gasteiger partial charge in [-0.1, -0.05) is 13.8 Å². The molecule has 7 nitrogen and oxygen atoms in total. The standard InChI is InChI=1S/C24H26N2O5/c1-5-16-17-9-15(28)7-8-20(17)25-22-18(16)11-26(3)21(22)10-19-14(12-27)13-31-23(29)24(19,6-2)30-4/h7-10,12,28H,5-6,11,13H2,1-4H3/b21-10-. The molecule has 0 aliphatic carbocycles. The van der Waals surface area contributed by atoms with Crippen molar-refractivity contribution in [3.63, 3.8) is 0 Å². The van der Waals surface area contributed by atoms with E-state index in [-0.39, 0.29) is 12.4 Å². The second kappa shape index (κ2) is 7.81. The summed E-state index contributed by atoms with van der Waals surface area (Å²) in [5, 5.41) is 10.9. The zero-order valence-corrected chi connectivity index (χ0v) is 18.2. The Morgan fingerprint density at radius 1 is 1.35 bits per heavy atom. The molecule has 1 unspecified atom stereocenters. The Kier molecular flexibility index (Phi) is 5.31. The molecule has 1 aromatic heterocycles. The first-order chi connectivity index (χ1) is 14.9. The molecule has 1 N–H and O–H groups in total. The Hall–Kier alpha value is -3.19. The van der Waals surface area contributed by atoms with E-state index in [1.807, 2.05) is 20.0 Å². The molecule has 1 atom stereocenters. The van der Waals surface area contributed by atoms with E-state index in [0.717, 1.165) is 46.1 Å². The molecule has 2 aromatic rings. The molecule has 4 rings (SSSR count). The second-order valence-corrected chi connectivity index (χ2v) is 7.88. The number of hydrogen-bond donors (Lipinski definition) is 1. The molecule has 1 aromatic carbocycles. The van der Waals surface area contributed by atoms with E-state index in [0.29, 0.717) is 24.1 Å². The number of aromatic hydroxyl groups is 1. The van der Waals surface area contributed by atoms with Crippen LogP contribution < -0.4 is 0 Å². The van der Waals surface area contributed by atoms with Crippen LogP contribution in [0.3, 0.4) is 0 Å². The number of pyridine rings is 1. The summed E-state index contributed by atoms with van der Waals surface area (Å²) in [7, 11) is 3.41. The number of hydrogen-bond acceptors (Lipinski definition) is 7. The number of aldehydes is 1. The molecule has 0 amide bonds. The monoisotopic (exact) mass is 422 g/mol. The molecule has 2 aliphatic rings. The van der Waals surface area contributed by atoms with Gasteiger partial charge in [-0.25, -0.2) is 9.78 Å². The van der Waals surface area contributed by atoms with Gasteiger partial charge >= 0.3 is 5.97 Å². The van der Waals surface area contributed by atoms with Crippen molar-refractivity contribution in [2.24, 2.45) is 0 Å². The molecule has 162 valence electrons. The van der Waals surface area contributed by atoms with Crippen molar-refractivity contribution < 1.29 is 24.2 Å². The van der Waals surface area contributed by atoms with Crippen molar-refractivity contribution in [1.82, 2.24) is 9.88 Å². The summed E-state index contributed by atoms with van der Waals surface area (Å²) in [6.45, 7) is 4.48. The summed E-state index contributed by atoms with van der Waals surface area (Å²) in [6.07, 6.45) is 3.70. The van der Waals surface area contributed by atoms with Crippen molar-refractivity contribution in [3.05, 3.63) is 52.2 Å². The molecule has 3 heterocycles. The summed E-state index contributed by atoms with van der Waals surface area (Å²) in [5.74, 6) is -0.285. The largest absolute Gasteiger partial charge is 0.508 e. The summed E-state index contributed by atoms with van der Waals surface area (Å²) < 4.78 is 10.9. The van der Waals surface area contributed by atoms with Crippen LogP contribution >= 0.6 is 0 Å². The van der Waals surface area contributed by atoms with Gasteiger partial charge in [-0.2, -0.15) is 0 Å². The minimum atomic E-state index is -1.33. The Bertz CT molecular complexity index is 1140. The Morgan fingerprint density at radius 2 is 2.13 bits per heavy atom. The average Bonchev–Trinajstić information content (AvgIpc) is 3.08. The minimum absolute atomic E-state index is 0.0756. The number of carbonyl (C=O) groups is 2. The Balaban J connectivity index is 1.98. The number of esters is 1. The van der Waals surface area contributed by atoms with Crippen LogP contribution in [-0.2, 0) is 32.0 Å². The van der Waals surface area contributed by atoms with Gasteiger partial charge in [-0.3, -0.25) is 4.79 Å². The third-order valence-corrected chi connectivity index (χ3v) is 6.33. The van der Waals surface area contributed by atoms with Gasteiger partial charge in [-0.05, 0) is 42.7 Å². The van der Waals surface area contributed by atoms with Crippen molar-refractivity contribution >= 4 is 28.9 Å². The predicted molar refractivity (Wildman–Crippen MR) is 116 cm³/mol. The number of aryl methyl sites for hydroxylation is 1. The van der Waals surface area contributed by atoms with Gasteiger partial charge < -0.3 is 19.5 Å². The van der Waals surface area contributed by atoms with Crippen molar-refractivity contribution in [3.8, 4) is 5.75 Å². The van der Waals surface area contributed by atoms with Crippen molar-refractivity contribution in [2.75, 3.05) is 20.8 Å². The summed E-state index contributed by atoms with van der Waals surface area (Å²) >= 11 is 0. The number of methoxy groups -OCH3 is 1. The molecule has 0 fully saturated rings. The molecule has 2 aliphatic heterocycles. The van der Waals surface area contributed by atoms with Crippen molar-refractivity contribution in [1.29, 1.82) is 0 Å². The van der Waals surface area contributed by atoms with Gasteiger partial charge in [0.2, 0.25) is 0 Å². The third-order valence-electron chi connectivity index (χ3n) is 6.33. The summed E-state index contributed by atoms with van der Waals surface area (Å²) in [4.78, 5) is 31.4. The van der Waals surface area contributed by atoms with Gasteiger partial charge in [0.1, 0.15) is 18.6 Å².